The van der Waals surface area contributed by atoms with Crippen LogP contribution >= 0.6 is 11.8 Å². The second kappa shape index (κ2) is 9.76. The van der Waals surface area contributed by atoms with Gasteiger partial charge in [-0.25, -0.2) is 0 Å². The minimum atomic E-state index is -0.430. The fourth-order valence-corrected chi connectivity index (χ4v) is 3.17. The fraction of sp³-hybridized carbons (Fsp3) is 0.130. The molecule has 0 fully saturated rings. The molecular weight excluding hydrogens is 370 g/mol. The number of esters is 1. The highest BCUT2D eigenvalue weighted by Gasteiger charge is 2.09. The van der Waals surface area contributed by atoms with E-state index >= 15 is 0 Å². The Kier molecular flexibility index (Phi) is 6.87. The predicted molar refractivity (Wildman–Crippen MR) is 113 cm³/mol. The summed E-state index contributed by atoms with van der Waals surface area (Å²) in [6.45, 7) is -0.301. The maximum atomic E-state index is 12.0. The van der Waals surface area contributed by atoms with Crippen molar-refractivity contribution < 1.29 is 14.3 Å². The van der Waals surface area contributed by atoms with E-state index < -0.39 is 5.97 Å². The summed E-state index contributed by atoms with van der Waals surface area (Å²) < 4.78 is 5.10. The van der Waals surface area contributed by atoms with Crippen molar-refractivity contribution in [1.29, 1.82) is 0 Å². The van der Waals surface area contributed by atoms with Crippen LogP contribution < -0.4 is 5.32 Å². The maximum Gasteiger partial charge on any atom is 0.310 e. The summed E-state index contributed by atoms with van der Waals surface area (Å²) in [4.78, 5) is 25.0. The van der Waals surface area contributed by atoms with E-state index in [1.54, 1.807) is 17.8 Å². The number of hydrogen-bond acceptors (Lipinski definition) is 4. The normalized spacial score (nSPS) is 10.3. The van der Waals surface area contributed by atoms with Crippen LogP contribution in [0.3, 0.4) is 0 Å². The summed E-state index contributed by atoms with van der Waals surface area (Å²) >= 11 is 1.59. The molecule has 0 atom stereocenters. The fourth-order valence-electron chi connectivity index (χ4n) is 2.71. The number of carbonyl (C=O) groups excluding carboxylic acids is 2. The first kappa shape index (κ1) is 19.7. The largest absolute Gasteiger partial charge is 0.455 e. The first-order valence-corrected chi connectivity index (χ1v) is 10.1. The average molecular weight is 391 g/mol. The van der Waals surface area contributed by atoms with Crippen LogP contribution in [0.5, 0.6) is 0 Å². The van der Waals surface area contributed by atoms with Gasteiger partial charge in [-0.1, -0.05) is 60.7 Å². The van der Waals surface area contributed by atoms with Gasteiger partial charge >= 0.3 is 5.97 Å². The monoisotopic (exact) mass is 391 g/mol. The minimum absolute atomic E-state index is 0.129. The molecule has 1 N–H and O–H groups in total. The lowest BCUT2D eigenvalue weighted by Gasteiger charge is -2.08. The van der Waals surface area contributed by atoms with E-state index in [0.717, 1.165) is 21.6 Å². The second-order valence-electron chi connectivity index (χ2n) is 6.18. The first-order chi connectivity index (χ1) is 13.6. The van der Waals surface area contributed by atoms with Crippen LogP contribution in [0.25, 0.3) is 11.1 Å². The molecule has 0 unspecified atom stereocenters. The van der Waals surface area contributed by atoms with Crippen molar-refractivity contribution in [1.82, 2.24) is 0 Å². The van der Waals surface area contributed by atoms with E-state index in [0.29, 0.717) is 5.69 Å². The quantitative estimate of drug-likeness (QED) is 0.464. The summed E-state index contributed by atoms with van der Waals surface area (Å²) in [6.07, 6.45) is 2.10. The number of thioether (sulfide) groups is 1. The molecule has 0 radical (unpaired) electrons. The number of rotatable bonds is 7. The molecule has 0 saturated carbocycles. The Balaban J connectivity index is 1.48. The smallest absolute Gasteiger partial charge is 0.310 e. The minimum Gasteiger partial charge on any atom is -0.455 e. The highest BCUT2D eigenvalue weighted by atomic mass is 32.2. The summed E-state index contributed by atoms with van der Waals surface area (Å²) in [5.74, 6) is -0.786. The molecule has 0 aliphatic heterocycles. The number of ether oxygens (including phenoxy) is 1. The molecule has 3 aromatic rings. The molecule has 0 aliphatic carbocycles. The highest BCUT2D eigenvalue weighted by Crippen LogP contribution is 2.20. The van der Waals surface area contributed by atoms with Gasteiger partial charge in [-0.3, -0.25) is 9.59 Å². The Bertz CT molecular complexity index is 940. The number of hydrogen-bond donors (Lipinski definition) is 1. The third kappa shape index (κ3) is 5.72. The summed E-state index contributed by atoms with van der Waals surface area (Å²) in [5.41, 5.74) is 3.74. The van der Waals surface area contributed by atoms with Crippen LogP contribution in [-0.4, -0.2) is 24.7 Å². The molecule has 3 rings (SSSR count). The lowest BCUT2D eigenvalue weighted by atomic mass is 10.0. The van der Waals surface area contributed by atoms with Crippen LogP contribution in [0.15, 0.2) is 83.8 Å². The van der Waals surface area contributed by atoms with Crippen molar-refractivity contribution in [2.45, 2.75) is 11.3 Å². The van der Waals surface area contributed by atoms with Crippen LogP contribution in [0.1, 0.15) is 5.56 Å². The van der Waals surface area contributed by atoms with Gasteiger partial charge in [0.1, 0.15) is 0 Å². The van der Waals surface area contributed by atoms with E-state index in [2.05, 4.69) is 5.32 Å². The molecule has 1 amide bonds. The number of amides is 1. The van der Waals surface area contributed by atoms with Crippen molar-refractivity contribution >= 4 is 29.3 Å². The Hall–Kier alpha value is -3.05. The molecule has 142 valence electrons. The molecule has 28 heavy (non-hydrogen) atoms. The van der Waals surface area contributed by atoms with Crippen LogP contribution in [0, 0.1) is 0 Å². The lowest BCUT2D eigenvalue weighted by Crippen LogP contribution is -2.21. The molecule has 4 nitrogen and oxygen atoms in total. The molecule has 0 saturated heterocycles. The highest BCUT2D eigenvalue weighted by molar-refractivity contribution is 7.98. The summed E-state index contributed by atoms with van der Waals surface area (Å²) in [7, 11) is 0. The third-order valence-electron chi connectivity index (χ3n) is 4.13. The van der Waals surface area contributed by atoms with Crippen molar-refractivity contribution in [3.8, 4) is 11.1 Å². The standard InChI is InChI=1S/C23H21NO3S/c1-28-21-9-5-8-20(15-21)24-22(25)16-27-23(26)14-17-10-12-19(13-11-17)18-6-3-2-4-7-18/h2-13,15H,14,16H2,1H3,(H,24,25). The van der Waals surface area contributed by atoms with Gasteiger partial charge in [-0.05, 0) is 41.1 Å². The van der Waals surface area contributed by atoms with Crippen molar-refractivity contribution in [3.63, 3.8) is 0 Å². The molecule has 0 spiro atoms. The van der Waals surface area contributed by atoms with Gasteiger partial charge in [-0.15, -0.1) is 11.8 Å². The first-order valence-electron chi connectivity index (χ1n) is 8.88. The van der Waals surface area contributed by atoms with Gasteiger partial charge < -0.3 is 10.1 Å². The van der Waals surface area contributed by atoms with Gasteiger partial charge in [0.2, 0.25) is 0 Å². The van der Waals surface area contributed by atoms with Crippen LogP contribution in [0.2, 0.25) is 0 Å². The molecule has 0 aromatic heterocycles. The molecule has 0 aliphatic rings. The van der Waals surface area contributed by atoms with Gasteiger partial charge in [-0.2, -0.15) is 0 Å². The Morgan fingerprint density at radius 2 is 1.61 bits per heavy atom. The predicted octanol–water partition coefficient (Wildman–Crippen LogP) is 4.80. The molecule has 3 aromatic carbocycles. The molecule has 5 heteroatoms. The molecule has 0 bridgehead atoms. The van der Waals surface area contributed by atoms with Gasteiger partial charge in [0.05, 0.1) is 6.42 Å². The summed E-state index contributed by atoms with van der Waals surface area (Å²) in [5, 5.41) is 2.73. The van der Waals surface area contributed by atoms with E-state index in [9.17, 15) is 9.59 Å². The molecule has 0 heterocycles. The Morgan fingerprint density at radius 3 is 2.32 bits per heavy atom. The number of nitrogens with one attached hydrogen (secondary N) is 1. The zero-order chi connectivity index (χ0) is 19.8. The zero-order valence-electron chi connectivity index (χ0n) is 15.6. The number of anilines is 1. The Morgan fingerprint density at radius 1 is 0.893 bits per heavy atom. The van der Waals surface area contributed by atoms with Crippen molar-refractivity contribution in [2.24, 2.45) is 0 Å². The van der Waals surface area contributed by atoms with Crippen molar-refractivity contribution in [3.05, 3.63) is 84.4 Å². The van der Waals surface area contributed by atoms with E-state index in [1.807, 2.05) is 79.1 Å². The van der Waals surface area contributed by atoms with Gasteiger partial charge in [0, 0.05) is 10.6 Å². The summed E-state index contributed by atoms with van der Waals surface area (Å²) in [6, 6.07) is 25.3. The van der Waals surface area contributed by atoms with Crippen molar-refractivity contribution in [2.75, 3.05) is 18.2 Å². The second-order valence-corrected chi connectivity index (χ2v) is 7.06. The van der Waals surface area contributed by atoms with E-state index in [1.165, 1.54) is 0 Å². The third-order valence-corrected chi connectivity index (χ3v) is 4.85. The van der Waals surface area contributed by atoms with Gasteiger partial charge in [0.15, 0.2) is 6.61 Å². The topological polar surface area (TPSA) is 55.4 Å². The van der Waals surface area contributed by atoms with Crippen LogP contribution in [0.4, 0.5) is 5.69 Å². The van der Waals surface area contributed by atoms with E-state index in [4.69, 9.17) is 4.74 Å². The Labute approximate surface area is 168 Å². The SMILES string of the molecule is CSc1cccc(NC(=O)COC(=O)Cc2ccc(-c3ccccc3)cc2)c1. The van der Waals surface area contributed by atoms with E-state index in [-0.39, 0.29) is 18.9 Å². The lowest BCUT2D eigenvalue weighted by molar-refractivity contribution is -0.146. The number of carbonyl (C=O) groups is 2. The van der Waals surface area contributed by atoms with Gasteiger partial charge in [0.25, 0.3) is 5.91 Å². The molecular formula is C23H21NO3S. The average Bonchev–Trinajstić information content (AvgIpc) is 2.73. The number of benzene rings is 3. The maximum absolute atomic E-state index is 12.0. The van der Waals surface area contributed by atoms with Crippen LogP contribution in [-0.2, 0) is 20.7 Å². The zero-order valence-corrected chi connectivity index (χ0v) is 16.4.